The maximum Gasteiger partial charge on any atom is 0.408 e. The highest BCUT2D eigenvalue weighted by molar-refractivity contribution is 5.99. The summed E-state index contributed by atoms with van der Waals surface area (Å²) in [6.45, 7) is 16.0. The molecule has 0 saturated carbocycles. The first kappa shape index (κ1) is 50.0. The van der Waals surface area contributed by atoms with Gasteiger partial charge >= 0.3 is 18.0 Å². The Labute approximate surface area is 359 Å². The van der Waals surface area contributed by atoms with Crippen LogP contribution in [0.25, 0.3) is 0 Å². The predicted molar refractivity (Wildman–Crippen MR) is 229 cm³/mol. The van der Waals surface area contributed by atoms with Crippen LogP contribution in [0.1, 0.15) is 110 Å². The number of aliphatic hydroxyl groups is 1. The van der Waals surface area contributed by atoms with Gasteiger partial charge in [0, 0.05) is 25.4 Å². The van der Waals surface area contributed by atoms with Crippen LogP contribution in [0, 0.1) is 11.8 Å². The molecule has 0 aliphatic carbocycles. The summed E-state index contributed by atoms with van der Waals surface area (Å²) in [6, 6.07) is 11.6. The van der Waals surface area contributed by atoms with Gasteiger partial charge in [-0.05, 0) is 76.5 Å². The number of likely N-dealkylation sites (tertiary alicyclic amines) is 1. The van der Waals surface area contributed by atoms with Gasteiger partial charge in [-0.2, -0.15) is 0 Å². The number of ether oxygens (including phenoxy) is 2. The van der Waals surface area contributed by atoms with Gasteiger partial charge in [-0.15, -0.1) is 0 Å². The van der Waals surface area contributed by atoms with E-state index in [1.54, 1.807) is 95.8 Å². The molecule has 0 bridgehead atoms. The molecule has 0 aromatic heterocycles. The Morgan fingerprint density at radius 2 is 1.43 bits per heavy atom. The van der Waals surface area contributed by atoms with Gasteiger partial charge < -0.3 is 40.7 Å². The van der Waals surface area contributed by atoms with Crippen LogP contribution >= 0.6 is 0 Å². The summed E-state index contributed by atoms with van der Waals surface area (Å²) in [5.41, 5.74) is 0.149. The monoisotopic (exact) mass is 850 g/mol. The van der Waals surface area contributed by atoms with Crippen LogP contribution < -0.4 is 26.6 Å². The third kappa shape index (κ3) is 15.9. The number of hydrogen-bond acceptors (Lipinski definition) is 11. The molecule has 5 amide bonds. The molecule has 1 fully saturated rings. The summed E-state index contributed by atoms with van der Waals surface area (Å²) < 4.78 is 10.5. The van der Waals surface area contributed by atoms with E-state index >= 15 is 0 Å². The Bertz CT molecular complexity index is 1790. The Hall–Kier alpha value is -5.35. The summed E-state index contributed by atoms with van der Waals surface area (Å²) in [4.78, 5) is 94.3. The lowest BCUT2D eigenvalue weighted by Gasteiger charge is -2.34. The first-order chi connectivity index (χ1) is 28.7. The predicted octanol–water partition coefficient (Wildman–Crippen LogP) is 3.75. The summed E-state index contributed by atoms with van der Waals surface area (Å²) in [6.07, 6.45) is -0.265. The van der Waals surface area contributed by atoms with E-state index in [0.29, 0.717) is 25.8 Å². The Kier molecular flexibility index (Phi) is 19.3. The zero-order valence-corrected chi connectivity index (χ0v) is 37.0. The molecule has 3 unspecified atom stereocenters. The molecule has 1 saturated heterocycles. The molecule has 16 nitrogen and oxygen atoms in total. The van der Waals surface area contributed by atoms with Crippen molar-refractivity contribution in [1.82, 2.24) is 31.5 Å². The summed E-state index contributed by atoms with van der Waals surface area (Å²) in [5.74, 6) is -4.34. The van der Waals surface area contributed by atoms with Gasteiger partial charge in [0.05, 0.1) is 17.6 Å². The van der Waals surface area contributed by atoms with Gasteiger partial charge in [0.25, 0.3) is 0 Å². The molecule has 0 radical (unpaired) electrons. The number of rotatable bonds is 20. The normalized spacial score (nSPS) is 17.4. The minimum Gasteiger partial charge on any atom is -0.444 e. The second kappa shape index (κ2) is 23.6. The van der Waals surface area contributed by atoms with Gasteiger partial charge in [-0.1, -0.05) is 89.6 Å². The number of carbonyl (C=O) groups excluding carboxylic acids is 7. The molecule has 1 aliphatic rings. The minimum atomic E-state index is -1.38. The first-order valence-corrected chi connectivity index (χ1v) is 21.2. The average molecular weight is 851 g/mol. The van der Waals surface area contributed by atoms with Crippen LogP contribution in [0.4, 0.5) is 4.79 Å². The SMILES string of the molecule is CC[C@H](NC(=O)[C@H](NC(=O)OC(C)(C)C)C(C)C)C(=O)NC(C(O)N[C@@H](C)C(=O)N1CCCC1CC(=O)N[C@@H](Cc1ccccc1)C(=O)OC(=O)c1ccccc1)[C@@H](C)CC. The smallest absolute Gasteiger partial charge is 0.408 e. The Morgan fingerprint density at radius 1 is 0.803 bits per heavy atom. The fourth-order valence-corrected chi connectivity index (χ4v) is 6.96. The highest BCUT2D eigenvalue weighted by Gasteiger charge is 2.37. The second-order valence-corrected chi connectivity index (χ2v) is 17.0. The van der Waals surface area contributed by atoms with Crippen LogP contribution in [0.15, 0.2) is 60.7 Å². The molecule has 1 heterocycles. The summed E-state index contributed by atoms with van der Waals surface area (Å²) >= 11 is 0. The van der Waals surface area contributed by atoms with Crippen molar-refractivity contribution in [1.29, 1.82) is 0 Å². The number of nitrogens with one attached hydrogen (secondary N) is 5. The van der Waals surface area contributed by atoms with Crippen LogP contribution in [0.2, 0.25) is 0 Å². The summed E-state index contributed by atoms with van der Waals surface area (Å²) in [7, 11) is 0. The number of amides is 5. The molecule has 6 N–H and O–H groups in total. The quantitative estimate of drug-likeness (QED) is 0.0640. The Morgan fingerprint density at radius 3 is 2.00 bits per heavy atom. The molecule has 16 heteroatoms. The van der Waals surface area contributed by atoms with E-state index in [-0.39, 0.29) is 42.6 Å². The van der Waals surface area contributed by atoms with Gasteiger partial charge in [0.15, 0.2) is 0 Å². The first-order valence-electron chi connectivity index (χ1n) is 21.2. The standard InChI is InChI=1S/C45H66N6O10/c1-10-28(5)37(49-38(53)33(11-2)48-39(54)36(27(3)4)50-44(59)61-45(7,8)9)40(55)46-29(6)41(56)51-24-18-23-32(51)26-35(52)47-34(25-30-19-14-12-15-20-30)43(58)60-42(57)31-21-16-13-17-22-31/h12-17,19-22,27-29,32-34,36-37,40,46,55H,10-11,18,23-26H2,1-9H3,(H,47,52)(H,48,54)(H,49,53)(H,50,59)/t28-,29-,32?,33-,34-,36+,37?,40?/m0/s1. The van der Waals surface area contributed by atoms with Crippen molar-refractivity contribution < 1.29 is 48.1 Å². The Balaban J connectivity index is 1.65. The lowest BCUT2D eigenvalue weighted by molar-refractivity contribution is -0.143. The van der Waals surface area contributed by atoms with Crippen molar-refractivity contribution in [2.24, 2.45) is 11.8 Å². The molecule has 336 valence electrons. The molecule has 61 heavy (non-hydrogen) atoms. The lowest BCUT2D eigenvalue weighted by atomic mass is 9.96. The fourth-order valence-electron chi connectivity index (χ4n) is 6.96. The number of hydrogen-bond donors (Lipinski definition) is 6. The van der Waals surface area contributed by atoms with E-state index in [1.807, 2.05) is 19.9 Å². The van der Waals surface area contributed by atoms with Gasteiger partial charge in [-0.3, -0.25) is 24.5 Å². The maximum atomic E-state index is 13.9. The zero-order chi connectivity index (χ0) is 45.4. The van der Waals surface area contributed by atoms with E-state index < -0.39 is 83.8 Å². The highest BCUT2D eigenvalue weighted by atomic mass is 16.6. The van der Waals surface area contributed by atoms with Crippen LogP contribution in [0.3, 0.4) is 0 Å². The van der Waals surface area contributed by atoms with Gasteiger partial charge in [-0.25, -0.2) is 14.4 Å². The lowest BCUT2D eigenvalue weighted by Crippen LogP contribution is -2.61. The molecule has 3 rings (SSSR count). The molecular formula is C45H66N6O10. The third-order valence-electron chi connectivity index (χ3n) is 10.5. The van der Waals surface area contributed by atoms with E-state index in [2.05, 4.69) is 26.6 Å². The van der Waals surface area contributed by atoms with E-state index in [9.17, 15) is 38.7 Å². The van der Waals surface area contributed by atoms with Crippen LogP contribution in [-0.2, 0) is 39.9 Å². The van der Waals surface area contributed by atoms with Crippen molar-refractivity contribution in [3.05, 3.63) is 71.8 Å². The number of nitrogens with zero attached hydrogens (tertiary/aromatic N) is 1. The van der Waals surface area contributed by atoms with Crippen molar-refractivity contribution in [3.8, 4) is 0 Å². The van der Waals surface area contributed by atoms with Gasteiger partial charge in [0.2, 0.25) is 23.6 Å². The van der Waals surface area contributed by atoms with Crippen molar-refractivity contribution >= 4 is 41.7 Å². The zero-order valence-electron chi connectivity index (χ0n) is 37.0. The number of alkyl carbamates (subject to hydrolysis) is 1. The number of aliphatic hydroxyl groups excluding tert-OH is 1. The molecule has 2 aromatic rings. The molecule has 2 aromatic carbocycles. The number of carbonyl (C=O) groups is 7. The third-order valence-corrected chi connectivity index (χ3v) is 10.5. The fraction of sp³-hybridized carbons (Fsp3) is 0.578. The van der Waals surface area contributed by atoms with E-state index in [0.717, 1.165) is 5.56 Å². The topological polar surface area (TPSA) is 222 Å². The van der Waals surface area contributed by atoms with E-state index in [4.69, 9.17) is 9.47 Å². The summed E-state index contributed by atoms with van der Waals surface area (Å²) in [5, 5.41) is 25.3. The van der Waals surface area contributed by atoms with E-state index in [1.165, 1.54) is 12.1 Å². The van der Waals surface area contributed by atoms with Crippen molar-refractivity contribution in [3.63, 3.8) is 0 Å². The molecule has 1 aliphatic heterocycles. The maximum absolute atomic E-state index is 13.9. The molecular weight excluding hydrogens is 785 g/mol. The number of benzene rings is 2. The van der Waals surface area contributed by atoms with Crippen LogP contribution in [-0.4, -0.2) is 106 Å². The molecule has 0 spiro atoms. The second-order valence-electron chi connectivity index (χ2n) is 17.0. The number of esters is 2. The van der Waals surface area contributed by atoms with Crippen LogP contribution in [0.5, 0.6) is 0 Å². The van der Waals surface area contributed by atoms with Crippen molar-refractivity contribution in [2.45, 2.75) is 149 Å². The van der Waals surface area contributed by atoms with Crippen molar-refractivity contribution in [2.75, 3.05) is 6.54 Å². The van der Waals surface area contributed by atoms with Gasteiger partial charge in [0.1, 0.15) is 30.0 Å². The average Bonchev–Trinajstić information content (AvgIpc) is 3.67. The largest absolute Gasteiger partial charge is 0.444 e. The molecule has 8 atom stereocenters. The minimum absolute atomic E-state index is 0.0721. The highest BCUT2D eigenvalue weighted by Crippen LogP contribution is 2.22.